The highest BCUT2D eigenvalue weighted by Crippen LogP contribution is 2.19. The van der Waals surface area contributed by atoms with E-state index in [1.54, 1.807) is 0 Å². The molecule has 4 nitrogen and oxygen atoms in total. The van der Waals surface area contributed by atoms with Gasteiger partial charge in [-0.1, -0.05) is 18.2 Å². The molecule has 22 heavy (non-hydrogen) atoms. The molecule has 0 aliphatic heterocycles. The fraction of sp³-hybridized carbons (Fsp3) is 0.235. The minimum atomic E-state index is -0.300. The average Bonchev–Trinajstić information content (AvgIpc) is 3.13. The summed E-state index contributed by atoms with van der Waals surface area (Å²) in [6.45, 7) is 1.83. The second kappa shape index (κ2) is 6.34. The number of H-pyrrole nitrogens is 1. The lowest BCUT2D eigenvalue weighted by Gasteiger charge is -2.16. The third-order valence-electron chi connectivity index (χ3n) is 3.80. The number of carbonyl (C=O) groups excluding carboxylic acids is 1. The molecule has 3 N–H and O–H groups in total. The van der Waals surface area contributed by atoms with Crippen LogP contribution in [0.15, 0.2) is 41.2 Å². The van der Waals surface area contributed by atoms with Gasteiger partial charge in [-0.05, 0) is 35.9 Å². The van der Waals surface area contributed by atoms with E-state index in [0.717, 1.165) is 22.0 Å². The van der Waals surface area contributed by atoms with Gasteiger partial charge in [0.05, 0.1) is 18.2 Å². The van der Waals surface area contributed by atoms with E-state index in [9.17, 15) is 9.90 Å². The molecule has 2 heterocycles. The predicted octanol–water partition coefficient (Wildman–Crippen LogP) is 2.87. The van der Waals surface area contributed by atoms with E-state index in [4.69, 9.17) is 0 Å². The highest BCUT2D eigenvalue weighted by molar-refractivity contribution is 7.08. The Morgan fingerprint density at radius 2 is 2.18 bits per heavy atom. The summed E-state index contributed by atoms with van der Waals surface area (Å²) in [5, 5.41) is 17.4. The van der Waals surface area contributed by atoms with Gasteiger partial charge in [0.15, 0.2) is 0 Å². The van der Waals surface area contributed by atoms with Crippen molar-refractivity contribution in [3.05, 3.63) is 57.9 Å². The van der Waals surface area contributed by atoms with Gasteiger partial charge in [0.1, 0.15) is 0 Å². The summed E-state index contributed by atoms with van der Waals surface area (Å²) in [7, 11) is 0. The number of nitrogens with one attached hydrogen (secondary N) is 2. The monoisotopic (exact) mass is 314 g/mol. The molecule has 0 unspecified atom stereocenters. The van der Waals surface area contributed by atoms with Gasteiger partial charge in [-0.3, -0.25) is 4.79 Å². The minimum Gasteiger partial charge on any atom is -0.394 e. The number of rotatable bonds is 5. The Balaban J connectivity index is 1.75. The first-order valence-corrected chi connectivity index (χ1v) is 8.13. The summed E-state index contributed by atoms with van der Waals surface area (Å²) < 4.78 is 0. The average molecular weight is 314 g/mol. The molecule has 0 bridgehead atoms. The Morgan fingerprint density at radius 3 is 2.91 bits per heavy atom. The molecule has 1 aromatic carbocycles. The maximum absolute atomic E-state index is 12.3. The number of para-hydroxylation sites is 1. The largest absolute Gasteiger partial charge is 0.394 e. The van der Waals surface area contributed by atoms with Crippen molar-refractivity contribution in [3.8, 4) is 0 Å². The van der Waals surface area contributed by atoms with Crippen molar-refractivity contribution in [3.63, 3.8) is 0 Å². The van der Waals surface area contributed by atoms with E-state index < -0.39 is 0 Å². The molecule has 0 aliphatic rings. The van der Waals surface area contributed by atoms with E-state index in [1.807, 2.05) is 48.1 Å². The molecule has 0 aliphatic carbocycles. The minimum absolute atomic E-state index is 0.0889. The second-order valence-corrected chi connectivity index (χ2v) is 6.13. The number of hydrogen-bond acceptors (Lipinski definition) is 3. The third kappa shape index (κ3) is 2.91. The maximum Gasteiger partial charge on any atom is 0.252 e. The van der Waals surface area contributed by atoms with E-state index >= 15 is 0 Å². The molecular formula is C17H18N2O2S. The zero-order valence-corrected chi connectivity index (χ0v) is 13.1. The number of benzene rings is 1. The van der Waals surface area contributed by atoms with Crippen LogP contribution in [0.5, 0.6) is 0 Å². The molecule has 0 saturated carbocycles. The number of aliphatic hydroxyl groups excluding tert-OH is 1. The van der Waals surface area contributed by atoms with Crippen molar-refractivity contribution >= 4 is 28.1 Å². The highest BCUT2D eigenvalue weighted by atomic mass is 32.1. The fourth-order valence-corrected chi connectivity index (χ4v) is 3.41. The number of aryl methyl sites for hydroxylation is 1. The number of aromatic nitrogens is 1. The van der Waals surface area contributed by atoms with Crippen LogP contribution in [-0.2, 0) is 6.42 Å². The number of aliphatic hydroxyl groups is 1. The summed E-state index contributed by atoms with van der Waals surface area (Å²) in [6, 6.07) is 7.72. The summed E-state index contributed by atoms with van der Waals surface area (Å²) in [4.78, 5) is 15.5. The van der Waals surface area contributed by atoms with E-state index in [-0.39, 0.29) is 18.6 Å². The lowest BCUT2D eigenvalue weighted by molar-refractivity contribution is 0.0916. The van der Waals surface area contributed by atoms with Crippen LogP contribution in [0.25, 0.3) is 10.9 Å². The second-order valence-electron chi connectivity index (χ2n) is 5.39. The van der Waals surface area contributed by atoms with E-state index in [0.29, 0.717) is 12.0 Å². The van der Waals surface area contributed by atoms with E-state index in [1.165, 1.54) is 11.3 Å². The molecule has 0 fully saturated rings. The Bertz CT molecular complexity index is 791. The first-order valence-electron chi connectivity index (χ1n) is 7.18. The number of fused-ring (bicyclic) bond motifs is 1. The first-order chi connectivity index (χ1) is 10.7. The molecule has 3 aromatic rings. The van der Waals surface area contributed by atoms with Gasteiger partial charge >= 0.3 is 0 Å². The van der Waals surface area contributed by atoms with Gasteiger partial charge in [0, 0.05) is 22.5 Å². The van der Waals surface area contributed by atoms with Crippen LogP contribution in [0.3, 0.4) is 0 Å². The summed E-state index contributed by atoms with van der Waals surface area (Å²) in [5.74, 6) is -0.127. The van der Waals surface area contributed by atoms with Crippen LogP contribution in [0, 0.1) is 6.92 Å². The smallest absolute Gasteiger partial charge is 0.252 e. The Labute approximate surface area is 132 Å². The summed E-state index contributed by atoms with van der Waals surface area (Å²) in [5.41, 5.74) is 3.81. The lowest BCUT2D eigenvalue weighted by atomic mass is 10.0. The van der Waals surface area contributed by atoms with Crippen molar-refractivity contribution in [2.24, 2.45) is 0 Å². The molecule has 0 saturated heterocycles. The lowest BCUT2D eigenvalue weighted by Crippen LogP contribution is -2.39. The standard InChI is InChI=1S/C17H18N2O2S/c1-11-9-22-10-15(11)17(21)19-13(8-20)6-12-7-18-16-5-3-2-4-14(12)16/h2-5,7,9-10,13,18,20H,6,8H2,1H3,(H,19,21)/t13-/m0/s1. The van der Waals surface area contributed by atoms with Gasteiger partial charge < -0.3 is 15.4 Å². The van der Waals surface area contributed by atoms with Gasteiger partial charge in [-0.15, -0.1) is 0 Å². The van der Waals surface area contributed by atoms with Crippen molar-refractivity contribution in [2.45, 2.75) is 19.4 Å². The number of amides is 1. The Hall–Kier alpha value is -2.11. The van der Waals surface area contributed by atoms with Crippen molar-refractivity contribution < 1.29 is 9.90 Å². The molecule has 5 heteroatoms. The topological polar surface area (TPSA) is 65.1 Å². The summed E-state index contributed by atoms with van der Waals surface area (Å²) >= 11 is 1.51. The summed E-state index contributed by atoms with van der Waals surface area (Å²) in [6.07, 6.45) is 2.53. The van der Waals surface area contributed by atoms with Crippen LogP contribution < -0.4 is 5.32 Å². The van der Waals surface area contributed by atoms with Crippen LogP contribution in [0.1, 0.15) is 21.5 Å². The quantitative estimate of drug-likeness (QED) is 0.678. The van der Waals surface area contributed by atoms with Crippen LogP contribution in [0.2, 0.25) is 0 Å². The number of aromatic amines is 1. The van der Waals surface area contributed by atoms with Gasteiger partial charge in [0.25, 0.3) is 5.91 Å². The molecule has 1 amide bonds. The molecule has 1 atom stereocenters. The normalized spacial score (nSPS) is 12.5. The van der Waals surface area contributed by atoms with Crippen LogP contribution in [0.4, 0.5) is 0 Å². The van der Waals surface area contributed by atoms with Gasteiger partial charge in [0.2, 0.25) is 0 Å². The number of hydrogen-bond donors (Lipinski definition) is 3. The van der Waals surface area contributed by atoms with Crippen molar-refractivity contribution in [2.75, 3.05) is 6.61 Å². The van der Waals surface area contributed by atoms with Crippen LogP contribution in [-0.4, -0.2) is 28.6 Å². The zero-order chi connectivity index (χ0) is 15.5. The molecule has 114 valence electrons. The molecule has 3 rings (SSSR count). The van der Waals surface area contributed by atoms with Crippen molar-refractivity contribution in [1.82, 2.24) is 10.3 Å². The van der Waals surface area contributed by atoms with Crippen molar-refractivity contribution in [1.29, 1.82) is 0 Å². The molecule has 0 spiro atoms. The SMILES string of the molecule is Cc1cscc1C(=O)N[C@H](CO)Cc1c[nH]c2ccccc12. The maximum atomic E-state index is 12.3. The molecule has 2 aromatic heterocycles. The highest BCUT2D eigenvalue weighted by Gasteiger charge is 2.17. The fourth-order valence-electron chi connectivity index (χ4n) is 2.58. The first kappa shape index (κ1) is 14.8. The Morgan fingerprint density at radius 1 is 1.36 bits per heavy atom. The van der Waals surface area contributed by atoms with Gasteiger partial charge in [-0.25, -0.2) is 0 Å². The van der Waals surface area contributed by atoms with Crippen LogP contribution >= 0.6 is 11.3 Å². The number of carbonyl (C=O) groups is 1. The van der Waals surface area contributed by atoms with E-state index in [2.05, 4.69) is 10.3 Å². The Kier molecular flexibility index (Phi) is 4.27. The zero-order valence-electron chi connectivity index (χ0n) is 12.3. The molecule has 0 radical (unpaired) electrons. The van der Waals surface area contributed by atoms with Gasteiger partial charge in [-0.2, -0.15) is 11.3 Å². The predicted molar refractivity (Wildman–Crippen MR) is 89.4 cm³/mol. The molecular weight excluding hydrogens is 296 g/mol. The number of thiophene rings is 1. The third-order valence-corrected chi connectivity index (χ3v) is 4.66.